The van der Waals surface area contributed by atoms with Crippen LogP contribution in [0.15, 0.2) is 43.1 Å². The second-order valence-corrected chi connectivity index (χ2v) is 4.68. The first-order valence-electron chi connectivity index (χ1n) is 6.66. The van der Waals surface area contributed by atoms with E-state index in [0.29, 0.717) is 11.5 Å². The van der Waals surface area contributed by atoms with Gasteiger partial charge < -0.3 is 10.6 Å². The highest BCUT2D eigenvalue weighted by atomic mass is 19.1. The summed E-state index contributed by atoms with van der Waals surface area (Å²) in [5, 5.41) is 8.41. The summed E-state index contributed by atoms with van der Waals surface area (Å²) in [5.74, 6) is -0.231. The van der Waals surface area contributed by atoms with Crippen molar-refractivity contribution in [3.8, 4) is 0 Å². The number of aromatic amines is 1. The molecule has 116 valence electrons. The first kappa shape index (κ1) is 14.6. The molecule has 3 aromatic rings. The lowest BCUT2D eigenvalue weighted by Gasteiger charge is -2.09. The Morgan fingerprint density at radius 2 is 2.13 bits per heavy atom. The topological polar surface area (TPSA) is 99.5 Å². The number of H-pyrrole nitrogens is 1. The molecule has 3 N–H and O–H groups in total. The summed E-state index contributed by atoms with van der Waals surface area (Å²) in [6.45, 7) is 0. The Labute approximate surface area is 130 Å². The Balaban J connectivity index is 1.84. The summed E-state index contributed by atoms with van der Waals surface area (Å²) in [6, 6.07) is 2.95. The number of hydrogen-bond acceptors (Lipinski definition) is 5. The predicted octanol–water partition coefficient (Wildman–Crippen LogP) is 1.16. The molecule has 0 unspecified atom stereocenters. The summed E-state index contributed by atoms with van der Waals surface area (Å²) in [6.07, 6.45) is 7.09. The van der Waals surface area contributed by atoms with Crippen LogP contribution in [0, 0.1) is 5.82 Å². The zero-order chi connectivity index (χ0) is 16.2. The van der Waals surface area contributed by atoms with Crippen molar-refractivity contribution >= 4 is 23.2 Å². The molecule has 3 aromatic heterocycles. The maximum Gasteiger partial charge on any atom is 0.279 e. The molecule has 0 spiro atoms. The number of halogens is 1. The average Bonchev–Trinajstić information content (AvgIpc) is 2.93. The largest absolute Gasteiger partial charge is 0.337 e. The molecular weight excluding hydrogens is 301 g/mol. The zero-order valence-electron chi connectivity index (χ0n) is 12.1. The number of hydrogen-bond donors (Lipinski definition) is 3. The summed E-state index contributed by atoms with van der Waals surface area (Å²) < 4.78 is 14.9. The molecule has 0 bridgehead atoms. The van der Waals surface area contributed by atoms with Crippen LogP contribution in [-0.2, 0) is 7.05 Å². The highest BCUT2D eigenvalue weighted by Crippen LogP contribution is 2.17. The molecule has 3 rings (SSSR count). The van der Waals surface area contributed by atoms with E-state index in [2.05, 4.69) is 30.7 Å². The fraction of sp³-hybridized carbons (Fsp3) is 0.0714. The molecule has 3 heterocycles. The number of rotatable bonds is 4. The van der Waals surface area contributed by atoms with E-state index in [-0.39, 0.29) is 11.5 Å². The van der Waals surface area contributed by atoms with Crippen molar-refractivity contribution < 1.29 is 13.9 Å². The number of amides is 1. The van der Waals surface area contributed by atoms with Crippen LogP contribution in [0.1, 0.15) is 10.5 Å². The van der Waals surface area contributed by atoms with Crippen molar-refractivity contribution in [3.63, 3.8) is 0 Å². The molecule has 1 amide bonds. The van der Waals surface area contributed by atoms with Crippen molar-refractivity contribution in [2.75, 3.05) is 10.6 Å². The van der Waals surface area contributed by atoms with Gasteiger partial charge in [0.05, 0.1) is 24.1 Å². The second-order valence-electron chi connectivity index (χ2n) is 4.68. The lowest BCUT2D eigenvalue weighted by Crippen LogP contribution is -2.29. The molecule has 0 saturated heterocycles. The summed E-state index contributed by atoms with van der Waals surface area (Å²) >= 11 is 0. The number of aryl methyl sites for hydroxylation is 1. The van der Waals surface area contributed by atoms with Crippen molar-refractivity contribution in [2.24, 2.45) is 7.05 Å². The van der Waals surface area contributed by atoms with E-state index in [4.69, 9.17) is 0 Å². The highest BCUT2D eigenvalue weighted by molar-refractivity contribution is 6.05. The smallest absolute Gasteiger partial charge is 0.279 e. The molecule has 23 heavy (non-hydrogen) atoms. The van der Waals surface area contributed by atoms with Crippen molar-refractivity contribution in [1.29, 1.82) is 0 Å². The Morgan fingerprint density at radius 1 is 1.30 bits per heavy atom. The monoisotopic (exact) mass is 314 g/mol. The SMILES string of the molecule is C[n+]1ccc(NC(=O)c2nccnc2Nc2cncc(F)c2)[nH]1. The van der Waals surface area contributed by atoms with Gasteiger partial charge in [-0.1, -0.05) is 0 Å². The van der Waals surface area contributed by atoms with Gasteiger partial charge in [-0.15, -0.1) is 9.78 Å². The number of aromatic nitrogens is 5. The van der Waals surface area contributed by atoms with Gasteiger partial charge in [0.1, 0.15) is 5.82 Å². The van der Waals surface area contributed by atoms with Gasteiger partial charge >= 0.3 is 0 Å². The number of carbonyl (C=O) groups is 1. The summed E-state index contributed by atoms with van der Waals surface area (Å²) in [7, 11) is 1.79. The van der Waals surface area contributed by atoms with E-state index in [1.807, 2.05) is 0 Å². The van der Waals surface area contributed by atoms with Crippen LogP contribution in [0.5, 0.6) is 0 Å². The van der Waals surface area contributed by atoms with Crippen LogP contribution in [0.3, 0.4) is 0 Å². The van der Waals surface area contributed by atoms with E-state index in [0.717, 1.165) is 6.20 Å². The molecule has 8 nitrogen and oxygen atoms in total. The minimum absolute atomic E-state index is 0.0778. The van der Waals surface area contributed by atoms with E-state index in [1.54, 1.807) is 24.0 Å². The Kier molecular flexibility index (Phi) is 3.91. The minimum atomic E-state index is -0.497. The van der Waals surface area contributed by atoms with E-state index in [9.17, 15) is 9.18 Å². The highest BCUT2D eigenvalue weighted by Gasteiger charge is 2.16. The normalized spacial score (nSPS) is 10.3. The van der Waals surface area contributed by atoms with Crippen molar-refractivity contribution in [2.45, 2.75) is 0 Å². The molecule has 0 aliphatic carbocycles. The molecule has 0 radical (unpaired) electrons. The standard InChI is InChI=1S/C14H12FN7O/c1-22-5-2-11(21-22)20-14(23)12-13(18-4-3-17-12)19-10-6-9(15)7-16-8-10/h2-8H,1H3,(H2,18,19,20,21,23)/p+1. The third-order valence-corrected chi connectivity index (χ3v) is 2.89. The van der Waals surface area contributed by atoms with Gasteiger partial charge in [-0.25, -0.2) is 14.4 Å². The number of carbonyl (C=O) groups excluding carboxylic acids is 1. The van der Waals surface area contributed by atoms with Crippen molar-refractivity contribution in [3.05, 3.63) is 54.6 Å². The Bertz CT molecular complexity index is 848. The van der Waals surface area contributed by atoms with Crippen LogP contribution in [0.4, 0.5) is 21.7 Å². The molecule has 0 atom stereocenters. The van der Waals surface area contributed by atoms with Crippen LogP contribution >= 0.6 is 0 Å². The van der Waals surface area contributed by atoms with Gasteiger partial charge in [0.25, 0.3) is 5.91 Å². The maximum atomic E-state index is 13.2. The zero-order valence-corrected chi connectivity index (χ0v) is 12.1. The molecule has 0 fully saturated rings. The van der Waals surface area contributed by atoms with Crippen LogP contribution in [0.2, 0.25) is 0 Å². The van der Waals surface area contributed by atoms with Gasteiger partial charge in [0, 0.05) is 18.5 Å². The first-order valence-corrected chi connectivity index (χ1v) is 6.66. The number of nitrogens with zero attached hydrogens (tertiary/aromatic N) is 4. The van der Waals surface area contributed by atoms with Gasteiger partial charge in [-0.05, 0) is 0 Å². The van der Waals surface area contributed by atoms with Crippen molar-refractivity contribution in [1.82, 2.24) is 20.1 Å². The summed E-state index contributed by atoms with van der Waals surface area (Å²) in [4.78, 5) is 24.2. The van der Waals surface area contributed by atoms with E-state index >= 15 is 0 Å². The molecule has 0 aliphatic rings. The summed E-state index contributed by atoms with van der Waals surface area (Å²) in [5.41, 5.74) is 0.444. The minimum Gasteiger partial charge on any atom is -0.337 e. The molecule has 0 aliphatic heterocycles. The quantitative estimate of drug-likeness (QED) is 0.628. The average molecular weight is 314 g/mol. The lowest BCUT2D eigenvalue weighted by atomic mass is 10.3. The van der Waals surface area contributed by atoms with Gasteiger partial charge in [-0.2, -0.15) is 0 Å². The predicted molar refractivity (Wildman–Crippen MR) is 79.4 cm³/mol. The van der Waals surface area contributed by atoms with Gasteiger partial charge in [0.15, 0.2) is 30.6 Å². The number of anilines is 3. The third kappa shape index (κ3) is 3.46. The molecule has 0 aromatic carbocycles. The van der Waals surface area contributed by atoms with Gasteiger partial charge in [0.2, 0.25) is 0 Å². The van der Waals surface area contributed by atoms with E-state index in [1.165, 1.54) is 24.7 Å². The fourth-order valence-corrected chi connectivity index (χ4v) is 1.91. The Morgan fingerprint density at radius 3 is 2.87 bits per heavy atom. The maximum absolute atomic E-state index is 13.2. The molecule has 9 heteroatoms. The van der Waals surface area contributed by atoms with Crippen LogP contribution in [0.25, 0.3) is 0 Å². The lowest BCUT2D eigenvalue weighted by molar-refractivity contribution is -0.725. The fourth-order valence-electron chi connectivity index (χ4n) is 1.91. The van der Waals surface area contributed by atoms with Crippen LogP contribution < -0.4 is 15.3 Å². The first-order chi connectivity index (χ1) is 11.1. The Hall–Kier alpha value is -3.36. The molecule has 0 saturated carbocycles. The number of pyridine rings is 1. The van der Waals surface area contributed by atoms with Crippen LogP contribution in [-0.4, -0.2) is 26.0 Å². The van der Waals surface area contributed by atoms with Gasteiger partial charge in [-0.3, -0.25) is 9.78 Å². The second kappa shape index (κ2) is 6.18. The third-order valence-electron chi connectivity index (χ3n) is 2.89. The number of nitrogens with one attached hydrogen (secondary N) is 3. The molecular formula is C14H13FN7O+. The van der Waals surface area contributed by atoms with E-state index < -0.39 is 11.7 Å².